The number of unbranched alkanes of at least 4 members (excludes halogenated alkanes) is 1. The number of carboxylic acids is 1. The molecule has 3 N–H and O–H groups in total. The minimum atomic E-state index is -1.05. The SMILES string of the molecule is CCC(CCCCC(=O)NCc1cccc2c1C(=O)N(C1CCC(=O)NC1=O)C2=O)C(=O)O. The molecule has 0 aliphatic carbocycles. The molecule has 0 bridgehead atoms. The van der Waals surface area contributed by atoms with E-state index in [2.05, 4.69) is 10.6 Å². The van der Waals surface area contributed by atoms with Gasteiger partial charge in [-0.15, -0.1) is 0 Å². The first-order chi connectivity index (χ1) is 15.7. The van der Waals surface area contributed by atoms with Gasteiger partial charge in [0.25, 0.3) is 11.8 Å². The number of imide groups is 2. The number of fused-ring (bicyclic) bond motifs is 1. The maximum absolute atomic E-state index is 13.0. The van der Waals surface area contributed by atoms with Crippen molar-refractivity contribution in [3.8, 4) is 0 Å². The number of nitrogens with zero attached hydrogens (tertiary/aromatic N) is 1. The highest BCUT2D eigenvalue weighted by Crippen LogP contribution is 2.30. The smallest absolute Gasteiger partial charge is 0.306 e. The van der Waals surface area contributed by atoms with Gasteiger partial charge in [-0.1, -0.05) is 25.5 Å². The van der Waals surface area contributed by atoms with Crippen LogP contribution in [0.15, 0.2) is 18.2 Å². The lowest BCUT2D eigenvalue weighted by molar-refractivity contribution is -0.142. The van der Waals surface area contributed by atoms with E-state index >= 15 is 0 Å². The monoisotopic (exact) mass is 457 g/mol. The number of nitrogens with one attached hydrogen (secondary N) is 2. The van der Waals surface area contributed by atoms with E-state index in [1.807, 2.05) is 6.92 Å². The molecule has 2 atom stereocenters. The Kier molecular flexibility index (Phi) is 7.57. The number of amides is 5. The van der Waals surface area contributed by atoms with Gasteiger partial charge >= 0.3 is 5.97 Å². The molecule has 0 radical (unpaired) electrons. The van der Waals surface area contributed by atoms with Crippen molar-refractivity contribution >= 4 is 35.5 Å². The van der Waals surface area contributed by atoms with Gasteiger partial charge < -0.3 is 10.4 Å². The van der Waals surface area contributed by atoms with E-state index in [4.69, 9.17) is 5.11 Å². The topological polar surface area (TPSA) is 150 Å². The molecular weight excluding hydrogens is 430 g/mol. The van der Waals surface area contributed by atoms with Gasteiger partial charge in [0.15, 0.2) is 0 Å². The van der Waals surface area contributed by atoms with Gasteiger partial charge in [0, 0.05) is 19.4 Å². The number of carboxylic acid groups (broad SMARTS) is 1. The third-order valence-corrected chi connectivity index (χ3v) is 6.08. The van der Waals surface area contributed by atoms with Gasteiger partial charge in [-0.3, -0.25) is 39.0 Å². The molecule has 2 unspecified atom stereocenters. The summed E-state index contributed by atoms with van der Waals surface area (Å²) in [6.45, 7) is 1.86. The highest BCUT2D eigenvalue weighted by Gasteiger charge is 2.45. The van der Waals surface area contributed by atoms with Crippen molar-refractivity contribution in [2.75, 3.05) is 0 Å². The zero-order valence-electron chi connectivity index (χ0n) is 18.4. The molecule has 5 amide bonds. The molecule has 1 fully saturated rings. The summed E-state index contributed by atoms with van der Waals surface area (Å²) in [5.41, 5.74) is 0.779. The number of rotatable bonds is 10. The Morgan fingerprint density at radius 3 is 2.61 bits per heavy atom. The van der Waals surface area contributed by atoms with Gasteiger partial charge in [-0.2, -0.15) is 0 Å². The van der Waals surface area contributed by atoms with E-state index in [-0.39, 0.29) is 42.8 Å². The lowest BCUT2D eigenvalue weighted by atomic mass is 9.99. The first-order valence-corrected chi connectivity index (χ1v) is 11.1. The minimum absolute atomic E-state index is 0.0386. The zero-order valence-corrected chi connectivity index (χ0v) is 18.4. The Morgan fingerprint density at radius 1 is 1.18 bits per heavy atom. The minimum Gasteiger partial charge on any atom is -0.481 e. The Balaban J connectivity index is 1.59. The molecule has 1 aromatic rings. The van der Waals surface area contributed by atoms with Crippen LogP contribution in [-0.4, -0.2) is 51.6 Å². The van der Waals surface area contributed by atoms with Crippen molar-refractivity contribution in [2.45, 2.75) is 64.5 Å². The maximum Gasteiger partial charge on any atom is 0.306 e. The van der Waals surface area contributed by atoms with Crippen LogP contribution in [0.2, 0.25) is 0 Å². The number of carbonyl (C=O) groups excluding carboxylic acids is 5. The van der Waals surface area contributed by atoms with Crippen LogP contribution in [0, 0.1) is 5.92 Å². The highest BCUT2D eigenvalue weighted by molar-refractivity contribution is 6.24. The van der Waals surface area contributed by atoms with Crippen molar-refractivity contribution in [1.29, 1.82) is 0 Å². The molecule has 2 aliphatic heterocycles. The standard InChI is InChI=1S/C23H27N3O7/c1-2-13(23(32)33)6-3-4-9-17(27)24-12-14-7-5-8-15-19(14)22(31)26(21(15)30)16-10-11-18(28)25-20(16)29/h5,7-8,13,16H,2-4,6,9-12H2,1H3,(H,24,27)(H,32,33)(H,25,28,29). The van der Waals surface area contributed by atoms with Gasteiger partial charge in [0.1, 0.15) is 6.04 Å². The molecule has 2 heterocycles. The predicted octanol–water partition coefficient (Wildman–Crippen LogP) is 1.38. The number of hydrogen-bond donors (Lipinski definition) is 3. The van der Waals surface area contributed by atoms with Crippen LogP contribution in [0.25, 0.3) is 0 Å². The average molecular weight is 457 g/mol. The zero-order chi connectivity index (χ0) is 24.1. The van der Waals surface area contributed by atoms with E-state index in [9.17, 15) is 28.8 Å². The second-order valence-electron chi connectivity index (χ2n) is 8.25. The van der Waals surface area contributed by atoms with E-state index in [0.29, 0.717) is 31.2 Å². The molecule has 2 aliphatic rings. The molecular formula is C23H27N3O7. The van der Waals surface area contributed by atoms with E-state index in [0.717, 1.165) is 4.90 Å². The Labute approximate surface area is 190 Å². The van der Waals surface area contributed by atoms with Crippen molar-refractivity contribution in [2.24, 2.45) is 5.92 Å². The number of carbonyl (C=O) groups is 6. The summed E-state index contributed by atoms with van der Waals surface area (Å²) >= 11 is 0. The largest absolute Gasteiger partial charge is 0.481 e. The van der Waals surface area contributed by atoms with Crippen molar-refractivity contribution in [1.82, 2.24) is 15.5 Å². The van der Waals surface area contributed by atoms with Crippen molar-refractivity contribution in [3.05, 3.63) is 34.9 Å². The second kappa shape index (κ2) is 10.4. The summed E-state index contributed by atoms with van der Waals surface area (Å²) in [7, 11) is 0. The Bertz CT molecular complexity index is 1000. The fraction of sp³-hybridized carbons (Fsp3) is 0.478. The van der Waals surface area contributed by atoms with Gasteiger partial charge in [0.05, 0.1) is 17.0 Å². The summed E-state index contributed by atoms with van der Waals surface area (Å²) in [4.78, 5) is 73.6. The number of piperidine rings is 1. The fourth-order valence-corrected chi connectivity index (χ4v) is 4.19. The molecule has 3 rings (SSSR count). The van der Waals surface area contributed by atoms with Gasteiger partial charge in [0.2, 0.25) is 17.7 Å². The molecule has 10 heteroatoms. The van der Waals surface area contributed by atoms with Crippen LogP contribution in [0.4, 0.5) is 0 Å². The summed E-state index contributed by atoms with van der Waals surface area (Å²) in [6, 6.07) is 3.70. The van der Waals surface area contributed by atoms with Crippen LogP contribution < -0.4 is 10.6 Å². The quantitative estimate of drug-likeness (QED) is 0.355. The summed E-state index contributed by atoms with van der Waals surface area (Å²) in [6.07, 6.45) is 2.55. The normalized spacial score (nSPS) is 18.7. The Morgan fingerprint density at radius 2 is 1.94 bits per heavy atom. The average Bonchev–Trinajstić information content (AvgIpc) is 3.03. The highest BCUT2D eigenvalue weighted by atomic mass is 16.4. The van der Waals surface area contributed by atoms with Crippen LogP contribution in [0.5, 0.6) is 0 Å². The summed E-state index contributed by atoms with van der Waals surface area (Å²) in [5.74, 6) is -3.81. The fourth-order valence-electron chi connectivity index (χ4n) is 4.19. The molecule has 176 valence electrons. The van der Waals surface area contributed by atoms with Crippen molar-refractivity contribution < 1.29 is 33.9 Å². The van der Waals surface area contributed by atoms with E-state index in [1.165, 1.54) is 6.07 Å². The third-order valence-electron chi connectivity index (χ3n) is 6.08. The van der Waals surface area contributed by atoms with Crippen LogP contribution in [0.3, 0.4) is 0 Å². The Hall–Kier alpha value is -3.56. The van der Waals surface area contributed by atoms with E-state index in [1.54, 1.807) is 12.1 Å². The molecule has 33 heavy (non-hydrogen) atoms. The third kappa shape index (κ3) is 5.27. The molecule has 1 aromatic carbocycles. The first kappa shape index (κ1) is 24.1. The van der Waals surface area contributed by atoms with E-state index < -0.39 is 41.6 Å². The van der Waals surface area contributed by atoms with Gasteiger partial charge in [-0.05, 0) is 37.3 Å². The lowest BCUT2D eigenvalue weighted by Gasteiger charge is -2.27. The lowest BCUT2D eigenvalue weighted by Crippen LogP contribution is -2.54. The first-order valence-electron chi connectivity index (χ1n) is 11.1. The number of aliphatic carboxylic acids is 1. The molecule has 0 spiro atoms. The molecule has 0 saturated carbocycles. The summed E-state index contributed by atoms with van der Waals surface area (Å²) in [5, 5.41) is 14.0. The maximum atomic E-state index is 13.0. The number of hydrogen-bond acceptors (Lipinski definition) is 6. The van der Waals surface area contributed by atoms with Crippen LogP contribution in [0.1, 0.15) is 78.1 Å². The van der Waals surface area contributed by atoms with Gasteiger partial charge in [-0.25, -0.2) is 0 Å². The second-order valence-corrected chi connectivity index (χ2v) is 8.25. The molecule has 10 nitrogen and oxygen atoms in total. The number of benzene rings is 1. The molecule has 0 aromatic heterocycles. The predicted molar refractivity (Wildman–Crippen MR) is 115 cm³/mol. The van der Waals surface area contributed by atoms with Crippen molar-refractivity contribution in [3.63, 3.8) is 0 Å². The van der Waals surface area contributed by atoms with Crippen LogP contribution in [-0.2, 0) is 25.7 Å². The molecule has 1 saturated heterocycles. The summed E-state index contributed by atoms with van der Waals surface area (Å²) < 4.78 is 0. The van der Waals surface area contributed by atoms with Crippen LogP contribution >= 0.6 is 0 Å².